The van der Waals surface area contributed by atoms with Gasteiger partial charge in [-0.3, -0.25) is 14.4 Å². The molecule has 3 heteroatoms. The monoisotopic (exact) mass is 527 g/mol. The second kappa shape index (κ2) is 15.7. The van der Waals surface area contributed by atoms with Gasteiger partial charge in [0.1, 0.15) is 11.6 Å². The smallest absolute Gasteiger partial charge is 0.166 e. The highest BCUT2D eigenvalue weighted by Crippen LogP contribution is 2.31. The lowest BCUT2D eigenvalue weighted by Gasteiger charge is -2.14. The Morgan fingerprint density at radius 1 is 0.744 bits per heavy atom. The van der Waals surface area contributed by atoms with Gasteiger partial charge in [0, 0.05) is 47.4 Å². The molecule has 4 rings (SSSR count). The number of aryl methyl sites for hydroxylation is 2. The average molecular weight is 528 g/mol. The number of benzene rings is 3. The van der Waals surface area contributed by atoms with Crippen LogP contribution < -0.4 is 0 Å². The lowest BCUT2D eigenvalue weighted by molar-refractivity contribution is -0.121. The molecule has 3 nitrogen and oxygen atoms in total. The van der Waals surface area contributed by atoms with Gasteiger partial charge in [0.15, 0.2) is 5.78 Å². The fourth-order valence-electron chi connectivity index (χ4n) is 4.80. The molecule has 1 aliphatic rings. The first-order valence-corrected chi connectivity index (χ1v) is 14.2. The van der Waals surface area contributed by atoms with E-state index in [4.69, 9.17) is 0 Å². The zero-order chi connectivity index (χ0) is 28.0. The molecule has 39 heavy (non-hydrogen) atoms. The number of carbonyl (C=O) groups is 3. The standard InChI is InChI=1S/C24H25O2.C12H16O.3H2/c1-18-10-12-19(13-11-18)6-5-9-22(25)16-17-23(24(26)21-14-15-21)20-7-3-2-4-8-20;1-3-11(12(13)4-2)10-8-6-5-7-9-10;;;/h2-4,7-8,10-15,23H,5-6,9,16-17H2,1H3;5-9,11H,3-4H2,1-2H3;3*1H. The summed E-state index contributed by atoms with van der Waals surface area (Å²) in [5.74, 6) is 0.630. The van der Waals surface area contributed by atoms with Crippen LogP contribution in [0.1, 0.15) is 90.7 Å². The van der Waals surface area contributed by atoms with Crippen molar-refractivity contribution in [3.63, 3.8) is 0 Å². The Morgan fingerprint density at radius 3 is 1.82 bits per heavy atom. The molecule has 0 bridgehead atoms. The minimum Gasteiger partial charge on any atom is -0.300 e. The number of Topliss-reactive ketones (excluding diaryl/α,β-unsaturated/α-hetero) is 3. The van der Waals surface area contributed by atoms with Gasteiger partial charge in [-0.05, 0) is 49.3 Å². The minimum atomic E-state index is -0.206. The summed E-state index contributed by atoms with van der Waals surface area (Å²) < 4.78 is 0. The van der Waals surface area contributed by atoms with Gasteiger partial charge in [-0.15, -0.1) is 0 Å². The Hall–Kier alpha value is -3.59. The van der Waals surface area contributed by atoms with Crippen LogP contribution in [0.2, 0.25) is 0 Å². The first kappa shape index (κ1) is 30.0. The third-order valence-electron chi connectivity index (χ3n) is 7.24. The fraction of sp³-hybridized carbons (Fsp3) is 0.333. The Kier molecular flexibility index (Phi) is 12.1. The van der Waals surface area contributed by atoms with E-state index in [0.717, 1.165) is 36.0 Å². The van der Waals surface area contributed by atoms with E-state index in [1.165, 1.54) is 11.1 Å². The van der Waals surface area contributed by atoms with Crippen molar-refractivity contribution >= 4 is 17.3 Å². The third-order valence-corrected chi connectivity index (χ3v) is 7.24. The average Bonchev–Trinajstić information content (AvgIpc) is 3.82. The summed E-state index contributed by atoms with van der Waals surface area (Å²) in [6, 6.07) is 28.3. The van der Waals surface area contributed by atoms with Gasteiger partial charge in [-0.25, -0.2) is 0 Å². The van der Waals surface area contributed by atoms with Crippen LogP contribution in [0.15, 0.2) is 96.6 Å². The zero-order valence-electron chi connectivity index (χ0n) is 23.6. The molecule has 0 spiro atoms. The molecule has 2 unspecified atom stereocenters. The molecule has 0 amide bonds. The zero-order valence-corrected chi connectivity index (χ0v) is 23.6. The lowest BCUT2D eigenvalue weighted by atomic mass is 9.88. The molecular formula is C36H47O3. The van der Waals surface area contributed by atoms with Gasteiger partial charge in [0.2, 0.25) is 0 Å². The predicted molar refractivity (Wildman–Crippen MR) is 166 cm³/mol. The van der Waals surface area contributed by atoms with Crippen LogP contribution in [-0.2, 0) is 20.8 Å². The maximum atomic E-state index is 12.5. The number of allylic oxidation sites excluding steroid dienone is 2. The summed E-state index contributed by atoms with van der Waals surface area (Å²) in [7, 11) is 0. The highest BCUT2D eigenvalue weighted by Gasteiger charge is 2.28. The van der Waals surface area contributed by atoms with Crippen molar-refractivity contribution in [3.8, 4) is 0 Å². The first-order chi connectivity index (χ1) is 18.9. The predicted octanol–water partition coefficient (Wildman–Crippen LogP) is 9.06. The number of carbonyl (C=O) groups excluding carboxylic acids is 3. The van der Waals surface area contributed by atoms with Crippen LogP contribution in [0, 0.1) is 13.3 Å². The Morgan fingerprint density at radius 2 is 1.31 bits per heavy atom. The summed E-state index contributed by atoms with van der Waals surface area (Å²) in [6.07, 6.45) is 8.66. The van der Waals surface area contributed by atoms with E-state index in [2.05, 4.69) is 38.1 Å². The molecule has 0 saturated heterocycles. The van der Waals surface area contributed by atoms with Crippen molar-refractivity contribution in [3.05, 3.63) is 125 Å². The van der Waals surface area contributed by atoms with Crippen molar-refractivity contribution in [1.82, 2.24) is 0 Å². The Balaban J connectivity index is 0.000000901. The molecule has 3 aromatic rings. The van der Waals surface area contributed by atoms with Crippen LogP contribution in [0.25, 0.3) is 0 Å². The molecule has 2 atom stereocenters. The quantitative estimate of drug-likeness (QED) is 0.210. The lowest BCUT2D eigenvalue weighted by Crippen LogP contribution is -2.13. The van der Waals surface area contributed by atoms with Gasteiger partial charge in [0.05, 0.1) is 0 Å². The number of rotatable bonds is 14. The first-order valence-electron chi connectivity index (χ1n) is 14.2. The van der Waals surface area contributed by atoms with Crippen LogP contribution >= 0.6 is 0 Å². The van der Waals surface area contributed by atoms with E-state index in [9.17, 15) is 14.4 Å². The topological polar surface area (TPSA) is 51.2 Å². The number of ketones is 3. The normalized spacial score (nSPS) is 13.4. The maximum Gasteiger partial charge on any atom is 0.166 e. The van der Waals surface area contributed by atoms with Crippen LogP contribution in [0.5, 0.6) is 0 Å². The van der Waals surface area contributed by atoms with Crippen LogP contribution in [0.4, 0.5) is 0 Å². The van der Waals surface area contributed by atoms with E-state index < -0.39 is 0 Å². The summed E-state index contributed by atoms with van der Waals surface area (Å²) in [5.41, 5.74) is 5.48. The largest absolute Gasteiger partial charge is 0.300 e. The minimum absolute atomic E-state index is 0. The molecular weight excluding hydrogens is 480 g/mol. The summed E-state index contributed by atoms with van der Waals surface area (Å²) in [5, 5.41) is 0. The second-order valence-corrected chi connectivity index (χ2v) is 10.2. The molecule has 0 aromatic heterocycles. The van der Waals surface area contributed by atoms with Gasteiger partial charge >= 0.3 is 0 Å². The van der Waals surface area contributed by atoms with E-state index in [-0.39, 0.29) is 27.7 Å². The van der Waals surface area contributed by atoms with Crippen molar-refractivity contribution in [2.24, 2.45) is 0 Å². The Labute approximate surface area is 238 Å². The van der Waals surface area contributed by atoms with Crippen molar-refractivity contribution in [1.29, 1.82) is 0 Å². The molecule has 1 aliphatic carbocycles. The molecule has 0 aliphatic heterocycles. The SMILES string of the molecule is CCC(=O)C(CC)c1ccccc1.Cc1ccc(CCCC(=O)CCC(C(=O)C2=C[CH]2)c2ccccc2)cc1.[HH].[HH].[HH]. The molecule has 209 valence electrons. The van der Waals surface area contributed by atoms with E-state index in [0.29, 0.717) is 31.5 Å². The number of hydrogen-bond acceptors (Lipinski definition) is 3. The Bertz CT molecular complexity index is 1240. The molecule has 1 radical (unpaired) electrons. The molecule has 0 saturated carbocycles. The molecule has 0 N–H and O–H groups in total. The van der Waals surface area contributed by atoms with Crippen LogP contribution in [-0.4, -0.2) is 17.3 Å². The molecule has 3 aromatic carbocycles. The second-order valence-electron chi connectivity index (χ2n) is 10.2. The van der Waals surface area contributed by atoms with Gasteiger partial charge < -0.3 is 0 Å². The molecule has 0 fully saturated rings. The highest BCUT2D eigenvalue weighted by atomic mass is 16.1. The van der Waals surface area contributed by atoms with Gasteiger partial charge in [0.25, 0.3) is 0 Å². The van der Waals surface area contributed by atoms with Crippen molar-refractivity contribution in [2.45, 2.75) is 77.6 Å². The summed E-state index contributed by atoms with van der Waals surface area (Å²) in [4.78, 5) is 36.4. The van der Waals surface area contributed by atoms with Crippen LogP contribution in [0.3, 0.4) is 0 Å². The summed E-state index contributed by atoms with van der Waals surface area (Å²) in [6.45, 7) is 6.06. The van der Waals surface area contributed by atoms with Gasteiger partial charge in [-0.2, -0.15) is 0 Å². The van der Waals surface area contributed by atoms with Crippen molar-refractivity contribution in [2.75, 3.05) is 0 Å². The third kappa shape index (κ3) is 9.90. The number of hydrogen-bond donors (Lipinski definition) is 0. The summed E-state index contributed by atoms with van der Waals surface area (Å²) >= 11 is 0. The maximum absolute atomic E-state index is 12.5. The fourth-order valence-corrected chi connectivity index (χ4v) is 4.80. The highest BCUT2D eigenvalue weighted by molar-refractivity contribution is 6.07. The molecule has 0 heterocycles. The van der Waals surface area contributed by atoms with Gasteiger partial charge in [-0.1, -0.05) is 110 Å². The van der Waals surface area contributed by atoms with E-state index >= 15 is 0 Å². The van der Waals surface area contributed by atoms with Crippen molar-refractivity contribution < 1.29 is 18.7 Å². The van der Waals surface area contributed by atoms with E-state index in [1.807, 2.05) is 80.1 Å². The van der Waals surface area contributed by atoms with E-state index in [1.54, 1.807) is 0 Å².